The molecule has 1 unspecified atom stereocenters. The lowest BCUT2D eigenvalue weighted by Crippen LogP contribution is -2.56. The van der Waals surface area contributed by atoms with Crippen LogP contribution in [-0.2, 0) is 16.0 Å². The third-order valence-electron chi connectivity index (χ3n) is 4.94. The van der Waals surface area contributed by atoms with E-state index in [9.17, 15) is 9.59 Å². The summed E-state index contributed by atoms with van der Waals surface area (Å²) in [6.45, 7) is 4.89. The van der Waals surface area contributed by atoms with Gasteiger partial charge in [-0.15, -0.1) is 0 Å². The molecule has 26 heavy (non-hydrogen) atoms. The largest absolute Gasteiger partial charge is 0.374 e. The number of carbonyl (C=O) groups is 2. The maximum Gasteiger partial charge on any atom is 0.318 e. The van der Waals surface area contributed by atoms with Crippen LogP contribution in [0.25, 0.3) is 0 Å². The van der Waals surface area contributed by atoms with Crippen LogP contribution in [0.5, 0.6) is 0 Å². The van der Waals surface area contributed by atoms with E-state index in [0.717, 1.165) is 19.5 Å². The summed E-state index contributed by atoms with van der Waals surface area (Å²) in [5, 5.41) is 2.90. The predicted molar refractivity (Wildman–Crippen MR) is 98.9 cm³/mol. The molecule has 0 spiro atoms. The van der Waals surface area contributed by atoms with Crippen LogP contribution in [0.1, 0.15) is 5.56 Å². The molecule has 0 bridgehead atoms. The molecule has 2 fully saturated rings. The third-order valence-corrected chi connectivity index (χ3v) is 4.94. The van der Waals surface area contributed by atoms with Crippen molar-refractivity contribution in [1.82, 2.24) is 20.0 Å². The molecule has 0 saturated carbocycles. The van der Waals surface area contributed by atoms with Crippen molar-refractivity contribution >= 4 is 11.9 Å². The normalized spacial score (nSPS) is 21.7. The highest BCUT2D eigenvalue weighted by Crippen LogP contribution is 2.08. The molecule has 0 aliphatic carbocycles. The Morgan fingerprint density at radius 1 is 1.23 bits per heavy atom. The lowest BCUT2D eigenvalue weighted by molar-refractivity contribution is -0.134. The Balaban J connectivity index is 1.40. The van der Waals surface area contributed by atoms with Gasteiger partial charge in [0.2, 0.25) is 5.91 Å². The monoisotopic (exact) mass is 360 g/mol. The van der Waals surface area contributed by atoms with Gasteiger partial charge >= 0.3 is 6.03 Å². The molecule has 2 heterocycles. The maximum atomic E-state index is 12.4. The molecule has 1 aromatic rings. The summed E-state index contributed by atoms with van der Waals surface area (Å²) in [6, 6.07) is 9.96. The fourth-order valence-electron chi connectivity index (χ4n) is 3.33. The van der Waals surface area contributed by atoms with E-state index in [4.69, 9.17) is 4.74 Å². The molecular formula is C19H28N4O3. The fraction of sp³-hybridized carbons (Fsp3) is 0.579. The van der Waals surface area contributed by atoms with Crippen molar-refractivity contribution in [3.63, 3.8) is 0 Å². The molecular weight excluding hydrogens is 332 g/mol. The number of carbonyl (C=O) groups excluding carboxylic acids is 2. The van der Waals surface area contributed by atoms with Crippen LogP contribution in [0.4, 0.5) is 4.79 Å². The zero-order valence-electron chi connectivity index (χ0n) is 15.4. The van der Waals surface area contributed by atoms with E-state index >= 15 is 0 Å². The molecule has 3 amide bonds. The van der Waals surface area contributed by atoms with Crippen LogP contribution in [0.15, 0.2) is 30.3 Å². The van der Waals surface area contributed by atoms with Crippen LogP contribution in [0, 0.1) is 0 Å². The van der Waals surface area contributed by atoms with E-state index in [2.05, 4.69) is 22.3 Å². The van der Waals surface area contributed by atoms with E-state index in [1.54, 1.807) is 4.90 Å². The highest BCUT2D eigenvalue weighted by Gasteiger charge is 2.27. The van der Waals surface area contributed by atoms with Crippen LogP contribution in [0.2, 0.25) is 0 Å². The summed E-state index contributed by atoms with van der Waals surface area (Å²) in [5.41, 5.74) is 1.22. The van der Waals surface area contributed by atoms with Gasteiger partial charge in [0.25, 0.3) is 0 Å². The zero-order chi connectivity index (χ0) is 18.4. The first-order valence-corrected chi connectivity index (χ1v) is 9.26. The molecule has 142 valence electrons. The molecule has 7 nitrogen and oxygen atoms in total. The topological polar surface area (TPSA) is 65.1 Å². The van der Waals surface area contributed by atoms with Crippen molar-refractivity contribution in [2.45, 2.75) is 12.5 Å². The highest BCUT2D eigenvalue weighted by molar-refractivity contribution is 5.85. The fourth-order valence-corrected chi connectivity index (χ4v) is 3.33. The SMILES string of the molecule is CN1CCOC(CNC(=O)N2CCN(CCc3ccccc3)C(=O)C2)C1. The lowest BCUT2D eigenvalue weighted by Gasteiger charge is -2.35. The molecule has 7 heteroatoms. The summed E-state index contributed by atoms with van der Waals surface area (Å²) >= 11 is 0. The van der Waals surface area contributed by atoms with E-state index in [0.29, 0.717) is 32.8 Å². The van der Waals surface area contributed by atoms with Crippen LogP contribution < -0.4 is 5.32 Å². The number of ether oxygens (including phenoxy) is 1. The van der Waals surface area contributed by atoms with Crippen LogP contribution in [-0.4, -0.2) is 92.2 Å². The molecule has 1 atom stereocenters. The first kappa shape index (κ1) is 18.7. The van der Waals surface area contributed by atoms with Crippen LogP contribution >= 0.6 is 0 Å². The Kier molecular flexibility index (Phi) is 6.46. The van der Waals surface area contributed by atoms with Gasteiger partial charge in [0, 0.05) is 39.3 Å². The standard InChI is InChI=1S/C19H28N4O3/c1-21-11-12-26-17(14-21)13-20-19(25)23-10-9-22(18(24)15-23)8-7-16-5-3-2-4-6-16/h2-6,17H,7-15H2,1H3,(H,20,25). The van der Waals surface area contributed by atoms with Crippen molar-refractivity contribution in [3.05, 3.63) is 35.9 Å². The van der Waals surface area contributed by atoms with Crippen molar-refractivity contribution in [1.29, 1.82) is 0 Å². The van der Waals surface area contributed by atoms with E-state index in [1.807, 2.05) is 30.1 Å². The maximum absolute atomic E-state index is 12.4. The Morgan fingerprint density at radius 2 is 2.04 bits per heavy atom. The highest BCUT2D eigenvalue weighted by atomic mass is 16.5. The molecule has 2 aliphatic heterocycles. The second kappa shape index (κ2) is 9.00. The van der Waals surface area contributed by atoms with E-state index < -0.39 is 0 Å². The Labute approximate surface area is 154 Å². The number of nitrogens with one attached hydrogen (secondary N) is 1. The summed E-state index contributed by atoms with van der Waals surface area (Å²) in [5.74, 6) is 0.0102. The predicted octanol–water partition coefficient (Wildman–Crippen LogP) is 0.414. The van der Waals surface area contributed by atoms with Gasteiger partial charge in [-0.3, -0.25) is 4.79 Å². The minimum absolute atomic E-state index is 0.0102. The molecule has 3 rings (SSSR count). The van der Waals surface area contributed by atoms with Crippen molar-refractivity contribution < 1.29 is 14.3 Å². The lowest BCUT2D eigenvalue weighted by atomic mass is 10.1. The third kappa shape index (κ3) is 5.19. The minimum atomic E-state index is -0.183. The Hall–Kier alpha value is -2.12. The molecule has 2 saturated heterocycles. The molecule has 0 aromatic heterocycles. The quantitative estimate of drug-likeness (QED) is 0.826. The van der Waals surface area contributed by atoms with Gasteiger partial charge in [-0.05, 0) is 19.0 Å². The molecule has 2 aliphatic rings. The number of nitrogens with zero attached hydrogens (tertiary/aromatic N) is 3. The Bertz CT molecular complexity index is 610. The first-order valence-electron chi connectivity index (χ1n) is 9.26. The number of rotatable bonds is 5. The van der Waals surface area contributed by atoms with E-state index in [1.165, 1.54) is 5.56 Å². The van der Waals surface area contributed by atoms with E-state index in [-0.39, 0.29) is 24.6 Å². The number of amides is 3. The second-order valence-corrected chi connectivity index (χ2v) is 6.98. The number of benzene rings is 1. The summed E-state index contributed by atoms with van der Waals surface area (Å²) in [4.78, 5) is 30.3. The molecule has 1 aromatic carbocycles. The van der Waals surface area contributed by atoms with Gasteiger partial charge in [0.05, 0.1) is 12.7 Å². The summed E-state index contributed by atoms with van der Waals surface area (Å²) in [6.07, 6.45) is 0.853. The van der Waals surface area contributed by atoms with Gasteiger partial charge in [0.1, 0.15) is 6.54 Å². The van der Waals surface area contributed by atoms with Gasteiger partial charge in [0.15, 0.2) is 0 Å². The number of piperazine rings is 1. The van der Waals surface area contributed by atoms with Gasteiger partial charge in [-0.25, -0.2) is 4.79 Å². The number of hydrogen-bond donors (Lipinski definition) is 1. The van der Waals surface area contributed by atoms with Crippen molar-refractivity contribution in [3.8, 4) is 0 Å². The second-order valence-electron chi connectivity index (χ2n) is 6.98. The average molecular weight is 360 g/mol. The van der Waals surface area contributed by atoms with Crippen molar-refractivity contribution in [2.75, 3.05) is 59.5 Å². The number of likely N-dealkylation sites (N-methyl/N-ethyl adjacent to an activating group) is 1. The van der Waals surface area contributed by atoms with Crippen molar-refractivity contribution in [2.24, 2.45) is 0 Å². The molecule has 1 N–H and O–H groups in total. The minimum Gasteiger partial charge on any atom is -0.374 e. The smallest absolute Gasteiger partial charge is 0.318 e. The van der Waals surface area contributed by atoms with Gasteiger partial charge < -0.3 is 24.8 Å². The first-order chi connectivity index (χ1) is 12.6. The number of hydrogen-bond acceptors (Lipinski definition) is 4. The Morgan fingerprint density at radius 3 is 2.77 bits per heavy atom. The van der Waals surface area contributed by atoms with Crippen LogP contribution in [0.3, 0.4) is 0 Å². The van der Waals surface area contributed by atoms with Gasteiger partial charge in [-0.1, -0.05) is 30.3 Å². The summed E-state index contributed by atoms with van der Waals surface area (Å²) in [7, 11) is 2.05. The number of morpholine rings is 1. The molecule has 0 radical (unpaired) electrons. The van der Waals surface area contributed by atoms with Gasteiger partial charge in [-0.2, -0.15) is 0 Å². The average Bonchev–Trinajstić information content (AvgIpc) is 2.66. The zero-order valence-corrected chi connectivity index (χ0v) is 15.4. The number of urea groups is 1. The summed E-state index contributed by atoms with van der Waals surface area (Å²) < 4.78 is 5.65.